The van der Waals surface area contributed by atoms with Gasteiger partial charge in [0, 0.05) is 6.20 Å². The van der Waals surface area contributed by atoms with E-state index in [9.17, 15) is 8.42 Å². The van der Waals surface area contributed by atoms with E-state index < -0.39 is 10.0 Å². The SMILES string of the molecule is CC(C)c1ccc(S(=O)(=O)Nc2nc3ccccc3nc2OCc2ccccn2)cc1. The molecule has 0 spiro atoms. The molecule has 0 saturated carbocycles. The summed E-state index contributed by atoms with van der Waals surface area (Å²) in [5, 5.41) is 0. The fourth-order valence-electron chi connectivity index (χ4n) is 2.99. The second-order valence-corrected chi connectivity index (χ2v) is 8.99. The molecule has 0 atom stereocenters. The Labute approximate surface area is 181 Å². The van der Waals surface area contributed by atoms with Gasteiger partial charge in [0.1, 0.15) is 6.61 Å². The molecule has 0 saturated heterocycles. The van der Waals surface area contributed by atoms with Crippen molar-refractivity contribution in [2.45, 2.75) is 31.3 Å². The number of pyridine rings is 1. The molecule has 0 unspecified atom stereocenters. The summed E-state index contributed by atoms with van der Waals surface area (Å²) in [6, 6.07) is 19.5. The molecule has 0 radical (unpaired) electrons. The van der Waals surface area contributed by atoms with Gasteiger partial charge in [-0.1, -0.05) is 44.2 Å². The number of nitrogens with one attached hydrogen (secondary N) is 1. The molecule has 7 nitrogen and oxygen atoms in total. The minimum Gasteiger partial charge on any atom is -0.469 e. The van der Waals surface area contributed by atoms with Crippen LogP contribution in [0, 0.1) is 0 Å². The molecule has 2 aromatic heterocycles. The molecule has 0 fully saturated rings. The Morgan fingerprint density at radius 2 is 1.58 bits per heavy atom. The fourth-order valence-corrected chi connectivity index (χ4v) is 3.99. The number of benzene rings is 2. The van der Waals surface area contributed by atoms with Crippen molar-refractivity contribution in [3.05, 3.63) is 84.2 Å². The molecule has 0 aliphatic heterocycles. The van der Waals surface area contributed by atoms with Gasteiger partial charge in [0.05, 0.1) is 21.6 Å². The number of hydrogen-bond acceptors (Lipinski definition) is 6. The Hall–Kier alpha value is -3.52. The Bertz CT molecular complexity index is 1290. The minimum atomic E-state index is -3.88. The molecule has 31 heavy (non-hydrogen) atoms. The number of anilines is 1. The monoisotopic (exact) mass is 434 g/mol. The molecule has 2 heterocycles. The molecule has 2 aromatic carbocycles. The Kier molecular flexibility index (Phi) is 5.81. The molecule has 8 heteroatoms. The largest absolute Gasteiger partial charge is 0.469 e. The van der Waals surface area contributed by atoms with Gasteiger partial charge in [0.2, 0.25) is 5.82 Å². The van der Waals surface area contributed by atoms with Crippen molar-refractivity contribution in [2.75, 3.05) is 4.72 Å². The molecule has 158 valence electrons. The van der Waals surface area contributed by atoms with Crippen molar-refractivity contribution in [3.63, 3.8) is 0 Å². The highest BCUT2D eigenvalue weighted by Crippen LogP contribution is 2.27. The zero-order valence-electron chi connectivity index (χ0n) is 17.2. The molecule has 0 aliphatic rings. The van der Waals surface area contributed by atoms with Crippen molar-refractivity contribution >= 4 is 26.9 Å². The van der Waals surface area contributed by atoms with Crippen molar-refractivity contribution in [1.82, 2.24) is 15.0 Å². The summed E-state index contributed by atoms with van der Waals surface area (Å²) in [4.78, 5) is 13.3. The van der Waals surface area contributed by atoms with E-state index in [4.69, 9.17) is 4.74 Å². The number of hydrogen-bond donors (Lipinski definition) is 1. The number of sulfonamides is 1. The van der Waals surface area contributed by atoms with E-state index >= 15 is 0 Å². The second-order valence-electron chi connectivity index (χ2n) is 7.31. The maximum absolute atomic E-state index is 13.0. The summed E-state index contributed by atoms with van der Waals surface area (Å²) >= 11 is 0. The van der Waals surface area contributed by atoms with Crippen LogP contribution in [0.2, 0.25) is 0 Å². The van der Waals surface area contributed by atoms with Gasteiger partial charge in [-0.25, -0.2) is 18.4 Å². The topological polar surface area (TPSA) is 94.1 Å². The van der Waals surface area contributed by atoms with Crippen LogP contribution in [0.5, 0.6) is 5.88 Å². The minimum absolute atomic E-state index is 0.0302. The first-order chi connectivity index (χ1) is 14.9. The van der Waals surface area contributed by atoms with E-state index in [0.717, 1.165) is 5.56 Å². The van der Waals surface area contributed by atoms with Gasteiger partial charge in [0.15, 0.2) is 0 Å². The highest BCUT2D eigenvalue weighted by atomic mass is 32.2. The number of aromatic nitrogens is 3. The molecule has 0 bridgehead atoms. The summed E-state index contributed by atoms with van der Waals surface area (Å²) in [5.74, 6) is 0.428. The number of fused-ring (bicyclic) bond motifs is 1. The van der Waals surface area contributed by atoms with E-state index in [2.05, 4.69) is 33.5 Å². The lowest BCUT2D eigenvalue weighted by atomic mass is 10.0. The van der Waals surface area contributed by atoms with Crippen LogP contribution in [0.15, 0.2) is 77.8 Å². The van der Waals surface area contributed by atoms with Gasteiger partial charge in [-0.05, 0) is 47.9 Å². The molecule has 0 amide bonds. The van der Waals surface area contributed by atoms with Crippen molar-refractivity contribution in [1.29, 1.82) is 0 Å². The molecule has 1 N–H and O–H groups in total. The quantitative estimate of drug-likeness (QED) is 0.459. The lowest BCUT2D eigenvalue weighted by Crippen LogP contribution is -2.16. The van der Waals surface area contributed by atoms with E-state index in [1.165, 1.54) is 0 Å². The Balaban J connectivity index is 1.67. The van der Waals surface area contributed by atoms with Gasteiger partial charge < -0.3 is 4.74 Å². The van der Waals surface area contributed by atoms with Gasteiger partial charge in [-0.2, -0.15) is 0 Å². The van der Waals surface area contributed by atoms with Crippen LogP contribution in [0.4, 0.5) is 5.82 Å². The maximum Gasteiger partial charge on any atom is 0.263 e. The number of ether oxygens (including phenoxy) is 1. The van der Waals surface area contributed by atoms with E-state index in [0.29, 0.717) is 22.6 Å². The van der Waals surface area contributed by atoms with Crippen LogP contribution in [0.3, 0.4) is 0 Å². The predicted molar refractivity (Wildman–Crippen MR) is 119 cm³/mol. The van der Waals surface area contributed by atoms with Crippen LogP contribution >= 0.6 is 0 Å². The third kappa shape index (κ3) is 4.80. The summed E-state index contributed by atoms with van der Waals surface area (Å²) in [6.07, 6.45) is 1.66. The van der Waals surface area contributed by atoms with Gasteiger partial charge in [-0.15, -0.1) is 0 Å². The smallest absolute Gasteiger partial charge is 0.263 e. The normalized spacial score (nSPS) is 11.6. The van der Waals surface area contributed by atoms with Gasteiger partial charge in [-0.3, -0.25) is 9.71 Å². The average molecular weight is 435 g/mol. The number of rotatable bonds is 7. The lowest BCUT2D eigenvalue weighted by molar-refractivity contribution is 0.291. The summed E-state index contributed by atoms with van der Waals surface area (Å²) < 4.78 is 34.3. The van der Waals surface area contributed by atoms with Crippen molar-refractivity contribution in [2.24, 2.45) is 0 Å². The van der Waals surface area contributed by atoms with E-state index in [-0.39, 0.29) is 23.2 Å². The molecule has 0 aliphatic carbocycles. The van der Waals surface area contributed by atoms with E-state index in [1.54, 1.807) is 30.5 Å². The molecular formula is C23H22N4O3S. The van der Waals surface area contributed by atoms with Gasteiger partial charge >= 0.3 is 0 Å². The first kappa shape index (κ1) is 20.7. The van der Waals surface area contributed by atoms with Crippen LogP contribution < -0.4 is 9.46 Å². The number of para-hydroxylation sites is 2. The van der Waals surface area contributed by atoms with E-state index in [1.807, 2.05) is 42.5 Å². The summed E-state index contributed by atoms with van der Waals surface area (Å²) in [5.41, 5.74) is 2.91. The lowest BCUT2D eigenvalue weighted by Gasteiger charge is -2.13. The van der Waals surface area contributed by atoms with Crippen molar-refractivity contribution in [3.8, 4) is 5.88 Å². The third-order valence-corrected chi connectivity index (χ3v) is 6.06. The van der Waals surface area contributed by atoms with Crippen LogP contribution in [0.25, 0.3) is 11.0 Å². The Morgan fingerprint density at radius 1 is 0.903 bits per heavy atom. The van der Waals surface area contributed by atoms with Gasteiger partial charge in [0.25, 0.3) is 15.9 Å². The molecule has 4 aromatic rings. The zero-order valence-corrected chi connectivity index (χ0v) is 18.0. The van der Waals surface area contributed by atoms with Crippen LogP contribution in [-0.4, -0.2) is 23.4 Å². The van der Waals surface area contributed by atoms with Crippen LogP contribution in [0.1, 0.15) is 31.0 Å². The highest BCUT2D eigenvalue weighted by Gasteiger charge is 2.20. The maximum atomic E-state index is 13.0. The molecule has 4 rings (SSSR count). The summed E-state index contributed by atoms with van der Waals surface area (Å²) in [6.45, 7) is 4.24. The van der Waals surface area contributed by atoms with Crippen molar-refractivity contribution < 1.29 is 13.2 Å². The standard InChI is InChI=1S/C23H22N4O3S/c1-16(2)17-10-12-19(13-11-17)31(28,29)27-22-23(30-15-18-7-5-6-14-24-18)26-21-9-4-3-8-20(21)25-22/h3-14,16H,15H2,1-2H3,(H,25,27). The third-order valence-electron chi connectivity index (χ3n) is 4.71. The first-order valence-electron chi connectivity index (χ1n) is 9.84. The predicted octanol–water partition coefficient (Wildman–Crippen LogP) is 4.53. The average Bonchev–Trinajstić information content (AvgIpc) is 2.78. The first-order valence-corrected chi connectivity index (χ1v) is 11.3. The molecular weight excluding hydrogens is 412 g/mol. The highest BCUT2D eigenvalue weighted by molar-refractivity contribution is 7.92. The Morgan fingerprint density at radius 3 is 2.23 bits per heavy atom. The summed E-state index contributed by atoms with van der Waals surface area (Å²) in [7, 11) is -3.88. The fraction of sp³-hybridized carbons (Fsp3) is 0.174. The van der Waals surface area contributed by atoms with Crippen LogP contribution in [-0.2, 0) is 16.6 Å². The zero-order chi connectivity index (χ0) is 21.8. The number of nitrogens with zero attached hydrogens (tertiary/aromatic N) is 3. The second kappa shape index (κ2) is 8.69.